The smallest absolute Gasteiger partial charge is 0.232 e. The average molecular weight is 437 g/mol. The van der Waals surface area contributed by atoms with Crippen LogP contribution in [0.4, 0.5) is 19.0 Å². The third-order valence-electron chi connectivity index (χ3n) is 3.81. The minimum absolute atomic E-state index is 0.0478. The Morgan fingerprint density at radius 1 is 1.14 bits per heavy atom. The van der Waals surface area contributed by atoms with Crippen molar-refractivity contribution < 1.29 is 18.4 Å². The number of halogens is 2. The summed E-state index contributed by atoms with van der Waals surface area (Å²) in [6.45, 7) is 3.57. The van der Waals surface area contributed by atoms with Crippen molar-refractivity contribution in [2.24, 2.45) is 5.92 Å². The Labute approximate surface area is 174 Å². The standard InChI is InChI=1S/C19H18F2N4O2S2/c1-10(2)17(27)25-19-23-12(9-28-19)7-16(26)24-18-22-8-13(29-18)5-11-3-4-14(20)15(21)6-11/h3-4,6,8-10H,5,7H2,1-2H3,(H,22,24,26)(H,23,25,27). The summed E-state index contributed by atoms with van der Waals surface area (Å²) in [5.74, 6) is -2.36. The molecule has 0 saturated heterocycles. The second kappa shape index (κ2) is 9.19. The zero-order valence-corrected chi connectivity index (χ0v) is 17.3. The lowest BCUT2D eigenvalue weighted by molar-refractivity contribution is -0.119. The molecule has 0 unspecified atom stereocenters. The number of nitrogens with one attached hydrogen (secondary N) is 2. The maximum absolute atomic E-state index is 13.3. The molecular formula is C19H18F2N4O2S2. The van der Waals surface area contributed by atoms with Gasteiger partial charge in [0.1, 0.15) is 0 Å². The van der Waals surface area contributed by atoms with Gasteiger partial charge in [-0.1, -0.05) is 19.9 Å². The molecule has 0 fully saturated rings. The number of carbonyl (C=O) groups excluding carboxylic acids is 2. The van der Waals surface area contributed by atoms with Crippen LogP contribution in [0.3, 0.4) is 0 Å². The normalized spacial score (nSPS) is 10.9. The first-order chi connectivity index (χ1) is 13.8. The highest BCUT2D eigenvalue weighted by molar-refractivity contribution is 7.15. The van der Waals surface area contributed by atoms with Gasteiger partial charge in [-0.2, -0.15) is 0 Å². The molecule has 0 aliphatic heterocycles. The fourth-order valence-corrected chi connectivity index (χ4v) is 3.90. The number of amides is 2. The summed E-state index contributed by atoms with van der Waals surface area (Å²) in [6, 6.07) is 3.74. The van der Waals surface area contributed by atoms with Crippen molar-refractivity contribution in [1.82, 2.24) is 9.97 Å². The molecule has 0 aliphatic carbocycles. The van der Waals surface area contributed by atoms with Crippen molar-refractivity contribution in [1.29, 1.82) is 0 Å². The molecule has 2 heterocycles. The van der Waals surface area contributed by atoms with Gasteiger partial charge in [-0.15, -0.1) is 22.7 Å². The molecule has 0 saturated carbocycles. The predicted octanol–water partition coefficient (Wildman–Crippen LogP) is 4.24. The SMILES string of the molecule is CC(C)C(=O)Nc1nc(CC(=O)Nc2ncc(Cc3ccc(F)c(F)c3)s2)cs1. The summed E-state index contributed by atoms with van der Waals surface area (Å²) >= 11 is 2.52. The van der Waals surface area contributed by atoms with Crippen LogP contribution < -0.4 is 10.6 Å². The number of hydrogen-bond acceptors (Lipinski definition) is 6. The van der Waals surface area contributed by atoms with Crippen LogP contribution in [0.15, 0.2) is 29.8 Å². The van der Waals surface area contributed by atoms with Crippen molar-refractivity contribution in [3.8, 4) is 0 Å². The zero-order valence-electron chi connectivity index (χ0n) is 15.7. The second-order valence-electron chi connectivity index (χ2n) is 6.57. The van der Waals surface area contributed by atoms with E-state index in [4.69, 9.17) is 0 Å². The number of benzene rings is 1. The van der Waals surface area contributed by atoms with Crippen molar-refractivity contribution in [2.45, 2.75) is 26.7 Å². The highest BCUT2D eigenvalue weighted by Crippen LogP contribution is 2.23. The zero-order chi connectivity index (χ0) is 21.0. The summed E-state index contributed by atoms with van der Waals surface area (Å²) in [5.41, 5.74) is 1.16. The maximum atomic E-state index is 13.3. The Kier molecular flexibility index (Phi) is 6.65. The number of carbonyl (C=O) groups is 2. The van der Waals surface area contributed by atoms with E-state index in [1.54, 1.807) is 25.4 Å². The molecule has 3 rings (SSSR count). The molecule has 1 aromatic carbocycles. The molecule has 0 radical (unpaired) electrons. The average Bonchev–Trinajstić information content (AvgIpc) is 3.27. The summed E-state index contributed by atoms with van der Waals surface area (Å²) in [6.07, 6.45) is 2.02. The fraction of sp³-hybridized carbons (Fsp3) is 0.263. The van der Waals surface area contributed by atoms with Crippen LogP contribution in [0.1, 0.15) is 30.0 Å². The maximum Gasteiger partial charge on any atom is 0.232 e. The highest BCUT2D eigenvalue weighted by atomic mass is 32.1. The first-order valence-corrected chi connectivity index (χ1v) is 10.4. The van der Waals surface area contributed by atoms with Gasteiger partial charge in [0, 0.05) is 28.8 Å². The summed E-state index contributed by atoms with van der Waals surface area (Å²) in [7, 11) is 0. The molecule has 6 nitrogen and oxygen atoms in total. The van der Waals surface area contributed by atoms with Crippen molar-refractivity contribution in [2.75, 3.05) is 10.6 Å². The lowest BCUT2D eigenvalue weighted by Crippen LogP contribution is -2.18. The molecule has 29 heavy (non-hydrogen) atoms. The van der Waals surface area contributed by atoms with Gasteiger partial charge in [0.2, 0.25) is 11.8 Å². The Morgan fingerprint density at radius 2 is 1.93 bits per heavy atom. The Hall–Kier alpha value is -2.72. The van der Waals surface area contributed by atoms with Crippen LogP contribution in [-0.4, -0.2) is 21.8 Å². The van der Waals surface area contributed by atoms with Gasteiger partial charge < -0.3 is 10.6 Å². The van der Waals surface area contributed by atoms with Crippen molar-refractivity contribution >= 4 is 44.8 Å². The molecule has 152 valence electrons. The van der Waals surface area contributed by atoms with Gasteiger partial charge in [0.15, 0.2) is 21.9 Å². The number of nitrogens with zero attached hydrogens (tertiary/aromatic N) is 2. The molecule has 0 atom stereocenters. The molecule has 2 N–H and O–H groups in total. The van der Waals surface area contributed by atoms with E-state index in [0.29, 0.717) is 27.9 Å². The molecule has 3 aromatic rings. The third kappa shape index (κ3) is 5.88. The van der Waals surface area contributed by atoms with Crippen LogP contribution in [0.5, 0.6) is 0 Å². The predicted molar refractivity (Wildman–Crippen MR) is 109 cm³/mol. The molecule has 0 bridgehead atoms. The molecule has 0 spiro atoms. The first kappa shape index (κ1) is 21.0. The lowest BCUT2D eigenvalue weighted by Gasteiger charge is -2.03. The van der Waals surface area contributed by atoms with Gasteiger partial charge in [-0.25, -0.2) is 18.7 Å². The number of anilines is 2. The highest BCUT2D eigenvalue weighted by Gasteiger charge is 2.13. The Morgan fingerprint density at radius 3 is 2.66 bits per heavy atom. The van der Waals surface area contributed by atoms with E-state index in [-0.39, 0.29) is 24.2 Å². The van der Waals surface area contributed by atoms with Gasteiger partial charge in [0.05, 0.1) is 12.1 Å². The van der Waals surface area contributed by atoms with Gasteiger partial charge in [-0.3, -0.25) is 9.59 Å². The molecule has 2 aromatic heterocycles. The Bertz CT molecular complexity index is 1030. The first-order valence-electron chi connectivity index (χ1n) is 8.74. The van der Waals surface area contributed by atoms with Gasteiger partial charge in [-0.05, 0) is 17.7 Å². The van der Waals surface area contributed by atoms with E-state index < -0.39 is 11.6 Å². The summed E-state index contributed by atoms with van der Waals surface area (Å²) < 4.78 is 26.3. The molecule has 10 heteroatoms. The van der Waals surface area contributed by atoms with Crippen molar-refractivity contribution in [3.05, 3.63) is 57.5 Å². The van der Waals surface area contributed by atoms with Crippen LogP contribution in [0, 0.1) is 17.6 Å². The number of rotatable bonds is 7. The van der Waals surface area contributed by atoms with E-state index in [2.05, 4.69) is 20.6 Å². The van der Waals surface area contributed by atoms with E-state index in [1.807, 2.05) is 0 Å². The lowest BCUT2D eigenvalue weighted by atomic mass is 10.1. The van der Waals surface area contributed by atoms with E-state index in [9.17, 15) is 18.4 Å². The molecule has 2 amide bonds. The van der Waals surface area contributed by atoms with E-state index >= 15 is 0 Å². The largest absolute Gasteiger partial charge is 0.302 e. The quantitative estimate of drug-likeness (QED) is 0.580. The van der Waals surface area contributed by atoms with E-state index in [0.717, 1.165) is 17.0 Å². The van der Waals surface area contributed by atoms with Gasteiger partial charge in [0.25, 0.3) is 0 Å². The number of hydrogen-bond donors (Lipinski definition) is 2. The van der Waals surface area contributed by atoms with Crippen LogP contribution in [0.2, 0.25) is 0 Å². The Balaban J connectivity index is 1.54. The van der Waals surface area contributed by atoms with Crippen LogP contribution in [0.25, 0.3) is 0 Å². The topological polar surface area (TPSA) is 84.0 Å². The molecule has 0 aliphatic rings. The van der Waals surface area contributed by atoms with Crippen LogP contribution in [-0.2, 0) is 22.4 Å². The third-order valence-corrected chi connectivity index (χ3v) is 5.53. The number of thiazole rings is 2. The fourth-order valence-electron chi connectivity index (χ4n) is 2.32. The van der Waals surface area contributed by atoms with Gasteiger partial charge >= 0.3 is 0 Å². The van der Waals surface area contributed by atoms with Crippen LogP contribution >= 0.6 is 22.7 Å². The molecular weight excluding hydrogens is 418 g/mol. The summed E-state index contributed by atoms with van der Waals surface area (Å²) in [5, 5.41) is 7.97. The minimum atomic E-state index is -0.896. The van der Waals surface area contributed by atoms with E-state index in [1.165, 1.54) is 28.7 Å². The number of aromatic nitrogens is 2. The van der Waals surface area contributed by atoms with Crippen molar-refractivity contribution in [3.63, 3.8) is 0 Å². The monoisotopic (exact) mass is 436 g/mol. The summed E-state index contributed by atoms with van der Waals surface area (Å²) in [4.78, 5) is 33.1. The second-order valence-corrected chi connectivity index (χ2v) is 8.54. The minimum Gasteiger partial charge on any atom is -0.302 e.